The zero-order chi connectivity index (χ0) is 12.4. The van der Waals surface area contributed by atoms with Gasteiger partial charge >= 0.3 is 0 Å². The lowest BCUT2D eigenvalue weighted by Crippen LogP contribution is -2.46. The number of nitrogens with zero attached hydrogens (tertiary/aromatic N) is 5. The van der Waals surface area contributed by atoms with Crippen molar-refractivity contribution in [2.24, 2.45) is 0 Å². The van der Waals surface area contributed by atoms with Crippen LogP contribution in [0.25, 0.3) is 11.0 Å². The van der Waals surface area contributed by atoms with Gasteiger partial charge in [0.25, 0.3) is 0 Å². The van der Waals surface area contributed by atoms with Crippen LogP contribution in [-0.4, -0.2) is 57.8 Å². The van der Waals surface area contributed by atoms with Crippen LogP contribution in [0.15, 0.2) is 12.5 Å². The number of piperazine rings is 1. The zero-order valence-corrected chi connectivity index (χ0v) is 10.6. The van der Waals surface area contributed by atoms with E-state index < -0.39 is 0 Å². The highest BCUT2D eigenvalue weighted by molar-refractivity contribution is 5.86. The van der Waals surface area contributed by atoms with Crippen LogP contribution in [0.3, 0.4) is 0 Å². The van der Waals surface area contributed by atoms with Crippen molar-refractivity contribution in [3.8, 4) is 0 Å². The number of nitrogens with one attached hydrogen (secondary N) is 1. The molecule has 0 radical (unpaired) electrons. The number of anilines is 1. The molecule has 0 aromatic carbocycles. The molecule has 0 bridgehead atoms. The Kier molecular flexibility index (Phi) is 3.10. The largest absolute Gasteiger partial charge is 0.353 e. The summed E-state index contributed by atoms with van der Waals surface area (Å²) in [5, 5.41) is 7.94. The maximum atomic E-state index is 4.41. The first-order valence-corrected chi connectivity index (χ1v) is 6.50. The summed E-state index contributed by atoms with van der Waals surface area (Å²) in [7, 11) is 0. The van der Waals surface area contributed by atoms with Crippen molar-refractivity contribution >= 4 is 16.9 Å². The fourth-order valence-electron chi connectivity index (χ4n) is 2.50. The van der Waals surface area contributed by atoms with E-state index in [1.165, 1.54) is 13.0 Å². The summed E-state index contributed by atoms with van der Waals surface area (Å²) in [5.41, 5.74) is 0.816. The van der Waals surface area contributed by atoms with E-state index in [0.717, 1.165) is 43.0 Å². The number of hydrogen-bond donors (Lipinski definition) is 1. The first kappa shape index (κ1) is 11.4. The lowest BCUT2D eigenvalue weighted by molar-refractivity contribution is 0.258. The molecule has 2 aromatic heterocycles. The molecule has 1 aliphatic heterocycles. The molecule has 96 valence electrons. The Morgan fingerprint density at radius 1 is 1.22 bits per heavy atom. The highest BCUT2D eigenvalue weighted by atomic mass is 15.3. The number of H-pyrrole nitrogens is 1. The van der Waals surface area contributed by atoms with Crippen LogP contribution in [0, 0.1) is 0 Å². The summed E-state index contributed by atoms with van der Waals surface area (Å²) in [5.74, 6) is 1.00. The van der Waals surface area contributed by atoms with Gasteiger partial charge in [-0.2, -0.15) is 5.10 Å². The van der Waals surface area contributed by atoms with Gasteiger partial charge in [-0.25, -0.2) is 9.97 Å². The van der Waals surface area contributed by atoms with E-state index in [9.17, 15) is 0 Å². The minimum atomic E-state index is 0.816. The van der Waals surface area contributed by atoms with Gasteiger partial charge in [0, 0.05) is 26.2 Å². The van der Waals surface area contributed by atoms with Gasteiger partial charge in [-0.3, -0.25) is 10.00 Å². The summed E-state index contributed by atoms with van der Waals surface area (Å²) in [6.07, 6.45) is 4.64. The second kappa shape index (κ2) is 4.89. The molecule has 1 N–H and O–H groups in total. The molecule has 0 atom stereocenters. The van der Waals surface area contributed by atoms with Gasteiger partial charge in [-0.05, 0) is 13.0 Å². The molecule has 1 saturated heterocycles. The molecule has 3 rings (SSSR count). The summed E-state index contributed by atoms with van der Waals surface area (Å²) in [6.45, 7) is 7.69. The van der Waals surface area contributed by atoms with Gasteiger partial charge in [0.05, 0.1) is 11.6 Å². The highest BCUT2D eigenvalue weighted by Crippen LogP contribution is 2.21. The molecule has 0 amide bonds. The molecule has 18 heavy (non-hydrogen) atoms. The van der Waals surface area contributed by atoms with Crippen LogP contribution >= 0.6 is 0 Å². The third-order valence-electron chi connectivity index (χ3n) is 3.44. The fraction of sp³-hybridized carbons (Fsp3) is 0.583. The third-order valence-corrected chi connectivity index (χ3v) is 3.44. The molecule has 3 heterocycles. The minimum absolute atomic E-state index is 0.816. The predicted octanol–water partition coefficient (Wildman–Crippen LogP) is 0.885. The molecule has 1 fully saturated rings. The summed E-state index contributed by atoms with van der Waals surface area (Å²) < 4.78 is 0. The fourth-order valence-corrected chi connectivity index (χ4v) is 2.50. The Morgan fingerprint density at radius 2 is 2.06 bits per heavy atom. The molecule has 0 spiro atoms. The van der Waals surface area contributed by atoms with E-state index in [-0.39, 0.29) is 0 Å². The predicted molar refractivity (Wildman–Crippen MR) is 70.6 cm³/mol. The van der Waals surface area contributed by atoms with Crippen LogP contribution in [-0.2, 0) is 0 Å². The van der Waals surface area contributed by atoms with Crippen LogP contribution in [0.5, 0.6) is 0 Å². The van der Waals surface area contributed by atoms with E-state index in [1.54, 1.807) is 6.33 Å². The maximum Gasteiger partial charge on any atom is 0.160 e. The molecule has 0 unspecified atom stereocenters. The number of aromatic amines is 1. The van der Waals surface area contributed by atoms with Crippen molar-refractivity contribution < 1.29 is 0 Å². The molecule has 0 saturated carbocycles. The molecule has 0 aliphatic carbocycles. The SMILES string of the molecule is CCCN1CCN(c2ncnc3[nH]ncc23)CC1. The quantitative estimate of drug-likeness (QED) is 0.871. The van der Waals surface area contributed by atoms with Crippen molar-refractivity contribution in [3.63, 3.8) is 0 Å². The molecule has 1 aliphatic rings. The van der Waals surface area contributed by atoms with Crippen LogP contribution < -0.4 is 4.90 Å². The van der Waals surface area contributed by atoms with E-state index in [0.29, 0.717) is 0 Å². The normalized spacial score (nSPS) is 17.5. The average molecular weight is 246 g/mol. The van der Waals surface area contributed by atoms with Crippen molar-refractivity contribution in [1.29, 1.82) is 0 Å². The van der Waals surface area contributed by atoms with Crippen molar-refractivity contribution in [1.82, 2.24) is 25.1 Å². The maximum absolute atomic E-state index is 4.41. The average Bonchev–Trinajstić information content (AvgIpc) is 2.88. The van der Waals surface area contributed by atoms with Crippen LogP contribution in [0.4, 0.5) is 5.82 Å². The van der Waals surface area contributed by atoms with E-state index in [1.807, 2.05) is 6.20 Å². The first-order chi connectivity index (χ1) is 8.88. The van der Waals surface area contributed by atoms with Gasteiger partial charge in [-0.15, -0.1) is 0 Å². The number of rotatable bonds is 3. The molecule has 6 nitrogen and oxygen atoms in total. The van der Waals surface area contributed by atoms with Crippen molar-refractivity contribution in [2.45, 2.75) is 13.3 Å². The molecule has 6 heteroatoms. The lowest BCUT2D eigenvalue weighted by atomic mass is 10.2. The van der Waals surface area contributed by atoms with Gasteiger partial charge in [-0.1, -0.05) is 6.92 Å². The Hall–Kier alpha value is -1.69. The third kappa shape index (κ3) is 2.03. The smallest absolute Gasteiger partial charge is 0.160 e. The standard InChI is InChI=1S/C12H18N6/c1-2-3-17-4-6-18(7-5-17)12-10-8-15-16-11(10)13-9-14-12/h8-9H,2-7H2,1H3,(H,13,14,15,16). The second-order valence-corrected chi connectivity index (χ2v) is 4.66. The van der Waals surface area contributed by atoms with Crippen molar-refractivity contribution in [3.05, 3.63) is 12.5 Å². The Labute approximate surface area is 106 Å². The van der Waals surface area contributed by atoms with Crippen LogP contribution in [0.1, 0.15) is 13.3 Å². The number of fused-ring (bicyclic) bond motifs is 1. The Morgan fingerprint density at radius 3 is 2.83 bits per heavy atom. The number of hydrogen-bond acceptors (Lipinski definition) is 5. The second-order valence-electron chi connectivity index (χ2n) is 4.66. The topological polar surface area (TPSA) is 60.9 Å². The van der Waals surface area contributed by atoms with Crippen LogP contribution in [0.2, 0.25) is 0 Å². The molecule has 2 aromatic rings. The summed E-state index contributed by atoms with van der Waals surface area (Å²) in [4.78, 5) is 13.4. The lowest BCUT2D eigenvalue weighted by Gasteiger charge is -2.35. The van der Waals surface area contributed by atoms with E-state index in [4.69, 9.17) is 0 Å². The van der Waals surface area contributed by atoms with Gasteiger partial charge in [0.2, 0.25) is 0 Å². The van der Waals surface area contributed by atoms with Gasteiger partial charge in [0.15, 0.2) is 5.65 Å². The van der Waals surface area contributed by atoms with Gasteiger partial charge in [0.1, 0.15) is 12.1 Å². The Balaban J connectivity index is 1.78. The first-order valence-electron chi connectivity index (χ1n) is 6.50. The van der Waals surface area contributed by atoms with Crippen molar-refractivity contribution in [2.75, 3.05) is 37.6 Å². The molecular weight excluding hydrogens is 228 g/mol. The van der Waals surface area contributed by atoms with E-state index >= 15 is 0 Å². The Bertz CT molecular complexity index is 514. The highest BCUT2D eigenvalue weighted by Gasteiger charge is 2.19. The minimum Gasteiger partial charge on any atom is -0.353 e. The zero-order valence-electron chi connectivity index (χ0n) is 10.6. The van der Waals surface area contributed by atoms with E-state index in [2.05, 4.69) is 36.9 Å². The monoisotopic (exact) mass is 246 g/mol. The molecular formula is C12H18N6. The summed E-state index contributed by atoms with van der Waals surface area (Å²) >= 11 is 0. The van der Waals surface area contributed by atoms with Gasteiger partial charge < -0.3 is 4.90 Å². The number of aromatic nitrogens is 4. The summed E-state index contributed by atoms with van der Waals surface area (Å²) in [6, 6.07) is 0.